The number of non-ortho nitro benzene ring substituents is 1. The first-order valence-corrected chi connectivity index (χ1v) is 6.00. The van der Waals surface area contributed by atoms with E-state index in [0.29, 0.717) is 0 Å². The van der Waals surface area contributed by atoms with Crippen LogP contribution in [-0.2, 0) is 0 Å². The van der Waals surface area contributed by atoms with Gasteiger partial charge in [-0.2, -0.15) is 0 Å². The van der Waals surface area contributed by atoms with Gasteiger partial charge in [-0.25, -0.2) is 9.18 Å². The fourth-order valence-corrected chi connectivity index (χ4v) is 1.84. The first-order valence-electron chi connectivity index (χ1n) is 5.62. The van der Waals surface area contributed by atoms with E-state index >= 15 is 0 Å². The first kappa shape index (κ1) is 14.7. The molecule has 0 saturated heterocycles. The van der Waals surface area contributed by atoms with Gasteiger partial charge >= 0.3 is 5.97 Å². The quantitative estimate of drug-likeness (QED) is 0.661. The lowest BCUT2D eigenvalue weighted by molar-refractivity contribution is -0.385. The summed E-state index contributed by atoms with van der Waals surface area (Å²) < 4.78 is 13.7. The van der Waals surface area contributed by atoms with Crippen molar-refractivity contribution in [3.8, 4) is 0 Å². The molecule has 8 heteroatoms. The van der Waals surface area contributed by atoms with Gasteiger partial charge < -0.3 is 10.4 Å². The Hall–Kier alpha value is -2.67. The topological polar surface area (TPSA) is 92.5 Å². The van der Waals surface area contributed by atoms with E-state index in [1.54, 1.807) is 0 Å². The van der Waals surface area contributed by atoms with Gasteiger partial charge in [-0.15, -0.1) is 0 Å². The first-order chi connectivity index (χ1) is 9.88. The Bertz CT molecular complexity index is 675. The van der Waals surface area contributed by atoms with Crippen LogP contribution in [0.1, 0.15) is 10.4 Å². The molecule has 2 aromatic rings. The molecule has 2 aromatic carbocycles. The molecule has 0 saturated carbocycles. The number of nitrogens with zero attached hydrogens (tertiary/aromatic N) is 1. The summed E-state index contributed by atoms with van der Waals surface area (Å²) in [7, 11) is 0. The second kappa shape index (κ2) is 5.76. The highest BCUT2D eigenvalue weighted by atomic mass is 35.5. The van der Waals surface area contributed by atoms with Crippen LogP contribution in [0.4, 0.5) is 21.5 Å². The molecule has 0 amide bonds. The zero-order chi connectivity index (χ0) is 15.6. The lowest BCUT2D eigenvalue weighted by atomic mass is 10.2. The van der Waals surface area contributed by atoms with Gasteiger partial charge in [0.05, 0.1) is 33.0 Å². The number of halogens is 2. The second-order valence-corrected chi connectivity index (χ2v) is 4.45. The zero-order valence-corrected chi connectivity index (χ0v) is 11.1. The molecule has 0 atom stereocenters. The van der Waals surface area contributed by atoms with Crippen molar-refractivity contribution in [1.82, 2.24) is 0 Å². The standard InChI is InChI=1S/C13H8ClFN2O4/c14-9-5-7(13(18)19)1-3-11(9)16-12-4-2-8(17(20)21)6-10(12)15/h1-6,16H,(H,18,19). The van der Waals surface area contributed by atoms with Crippen LogP contribution in [0.15, 0.2) is 36.4 Å². The Kier molecular flexibility index (Phi) is 4.04. The van der Waals surface area contributed by atoms with Crippen LogP contribution >= 0.6 is 11.6 Å². The molecule has 2 rings (SSSR count). The van der Waals surface area contributed by atoms with E-state index in [-0.39, 0.29) is 27.6 Å². The van der Waals surface area contributed by atoms with Gasteiger partial charge in [-0.1, -0.05) is 11.6 Å². The molecule has 108 valence electrons. The minimum Gasteiger partial charge on any atom is -0.478 e. The van der Waals surface area contributed by atoms with Crippen LogP contribution in [0.2, 0.25) is 5.02 Å². The summed E-state index contributed by atoms with van der Waals surface area (Å²) in [5, 5.41) is 22.1. The third kappa shape index (κ3) is 3.26. The molecular formula is C13H8ClFN2O4. The number of aromatic carboxylic acids is 1. The molecule has 0 spiro atoms. The summed E-state index contributed by atoms with van der Waals surface area (Å²) in [6.07, 6.45) is 0. The molecule has 0 bridgehead atoms. The third-order valence-electron chi connectivity index (χ3n) is 2.65. The number of nitro groups is 1. The van der Waals surface area contributed by atoms with E-state index in [4.69, 9.17) is 16.7 Å². The van der Waals surface area contributed by atoms with Crippen LogP contribution in [0.3, 0.4) is 0 Å². The Morgan fingerprint density at radius 3 is 2.43 bits per heavy atom. The van der Waals surface area contributed by atoms with Crippen molar-refractivity contribution in [3.63, 3.8) is 0 Å². The SMILES string of the molecule is O=C(O)c1ccc(Nc2ccc([N+](=O)[O-])cc2F)c(Cl)c1. The van der Waals surface area contributed by atoms with E-state index in [2.05, 4.69) is 5.32 Å². The van der Waals surface area contributed by atoms with Gasteiger partial charge in [0.2, 0.25) is 0 Å². The van der Waals surface area contributed by atoms with Crippen LogP contribution in [-0.4, -0.2) is 16.0 Å². The van der Waals surface area contributed by atoms with Gasteiger partial charge in [-0.05, 0) is 24.3 Å². The molecule has 0 fully saturated rings. The van der Waals surface area contributed by atoms with Crippen molar-refractivity contribution in [2.75, 3.05) is 5.32 Å². The number of anilines is 2. The van der Waals surface area contributed by atoms with Gasteiger partial charge in [0.25, 0.3) is 5.69 Å². The minimum atomic E-state index is -1.13. The van der Waals surface area contributed by atoms with Gasteiger partial charge in [0.15, 0.2) is 5.82 Å². The Balaban J connectivity index is 2.30. The summed E-state index contributed by atoms with van der Waals surface area (Å²) in [4.78, 5) is 20.6. The van der Waals surface area contributed by atoms with Crippen molar-refractivity contribution in [3.05, 3.63) is 62.9 Å². The van der Waals surface area contributed by atoms with Gasteiger partial charge in [0, 0.05) is 6.07 Å². The summed E-state index contributed by atoms with van der Waals surface area (Å²) in [5.74, 6) is -1.95. The normalized spacial score (nSPS) is 10.2. The van der Waals surface area contributed by atoms with Crippen molar-refractivity contribution in [2.45, 2.75) is 0 Å². The molecular weight excluding hydrogens is 303 g/mol. The van der Waals surface area contributed by atoms with Crippen LogP contribution in [0.25, 0.3) is 0 Å². The minimum absolute atomic E-state index is 0.00489. The second-order valence-electron chi connectivity index (χ2n) is 4.05. The fraction of sp³-hybridized carbons (Fsp3) is 0. The maximum absolute atomic E-state index is 13.7. The summed E-state index contributed by atoms with van der Waals surface area (Å²) in [6, 6.07) is 7.03. The van der Waals surface area contributed by atoms with E-state index in [1.165, 1.54) is 24.3 Å². The molecule has 0 aliphatic rings. The maximum Gasteiger partial charge on any atom is 0.335 e. The number of rotatable bonds is 4. The Morgan fingerprint density at radius 2 is 1.90 bits per heavy atom. The van der Waals surface area contributed by atoms with E-state index in [1.807, 2.05) is 0 Å². The molecule has 2 N–H and O–H groups in total. The number of hydrogen-bond acceptors (Lipinski definition) is 4. The molecule has 0 aliphatic carbocycles. The molecule has 0 unspecified atom stereocenters. The molecule has 0 heterocycles. The average Bonchev–Trinajstić information content (AvgIpc) is 2.42. The maximum atomic E-state index is 13.7. The Labute approximate surface area is 122 Å². The van der Waals surface area contributed by atoms with E-state index in [0.717, 1.165) is 12.1 Å². The lowest BCUT2D eigenvalue weighted by Gasteiger charge is -2.09. The van der Waals surface area contributed by atoms with Crippen LogP contribution in [0.5, 0.6) is 0 Å². The Morgan fingerprint density at radius 1 is 1.24 bits per heavy atom. The molecule has 6 nitrogen and oxygen atoms in total. The van der Waals surface area contributed by atoms with E-state index < -0.39 is 16.7 Å². The number of nitrogens with one attached hydrogen (secondary N) is 1. The molecule has 21 heavy (non-hydrogen) atoms. The number of carbonyl (C=O) groups is 1. The number of hydrogen-bond donors (Lipinski definition) is 2. The highest BCUT2D eigenvalue weighted by Crippen LogP contribution is 2.29. The van der Waals surface area contributed by atoms with Gasteiger partial charge in [0.1, 0.15) is 0 Å². The van der Waals surface area contributed by atoms with Gasteiger partial charge in [-0.3, -0.25) is 10.1 Å². The van der Waals surface area contributed by atoms with Crippen molar-refractivity contribution < 1.29 is 19.2 Å². The number of benzene rings is 2. The van der Waals surface area contributed by atoms with Crippen molar-refractivity contribution >= 4 is 34.6 Å². The van der Waals surface area contributed by atoms with E-state index in [9.17, 15) is 19.3 Å². The smallest absolute Gasteiger partial charge is 0.335 e. The highest BCUT2D eigenvalue weighted by Gasteiger charge is 2.12. The predicted molar refractivity (Wildman–Crippen MR) is 74.7 cm³/mol. The summed E-state index contributed by atoms with van der Waals surface area (Å²) >= 11 is 5.90. The number of carboxylic acid groups (broad SMARTS) is 1. The predicted octanol–water partition coefficient (Wildman–Crippen LogP) is 3.83. The molecule has 0 aliphatic heterocycles. The molecule has 0 radical (unpaired) electrons. The highest BCUT2D eigenvalue weighted by molar-refractivity contribution is 6.33. The summed E-state index contributed by atoms with van der Waals surface area (Å²) in [6.45, 7) is 0. The lowest BCUT2D eigenvalue weighted by Crippen LogP contribution is -1.99. The number of nitro benzene ring substituents is 1. The molecule has 0 aromatic heterocycles. The summed E-state index contributed by atoms with van der Waals surface area (Å²) in [5.41, 5.74) is -0.0971. The fourth-order valence-electron chi connectivity index (χ4n) is 1.61. The number of carboxylic acids is 1. The monoisotopic (exact) mass is 310 g/mol. The zero-order valence-electron chi connectivity index (χ0n) is 10.3. The van der Waals surface area contributed by atoms with Crippen molar-refractivity contribution in [2.24, 2.45) is 0 Å². The largest absolute Gasteiger partial charge is 0.478 e. The average molecular weight is 311 g/mol. The van der Waals surface area contributed by atoms with Crippen molar-refractivity contribution in [1.29, 1.82) is 0 Å². The third-order valence-corrected chi connectivity index (χ3v) is 2.96. The van der Waals surface area contributed by atoms with Crippen LogP contribution < -0.4 is 5.32 Å². The van der Waals surface area contributed by atoms with Crippen LogP contribution in [0, 0.1) is 15.9 Å².